The Balaban J connectivity index is 1.21. The zero-order valence-electron chi connectivity index (χ0n) is 17.8. The van der Waals surface area contributed by atoms with Crippen LogP contribution in [0, 0.1) is 0 Å². The van der Waals surface area contributed by atoms with Gasteiger partial charge in [0.05, 0.1) is 0 Å². The zero-order chi connectivity index (χ0) is 22.5. The average Bonchev–Trinajstić information content (AvgIpc) is 2.88. The first-order chi connectivity index (χ1) is 16.2. The van der Waals surface area contributed by atoms with Gasteiger partial charge in [0.25, 0.3) is 5.91 Å². The summed E-state index contributed by atoms with van der Waals surface area (Å²) < 4.78 is 11.1. The van der Waals surface area contributed by atoms with E-state index in [1.807, 2.05) is 42.5 Å². The maximum Gasteiger partial charge on any atom is 0.255 e. The number of benzene rings is 3. The first kappa shape index (κ1) is 20.5. The third-order valence-electron chi connectivity index (χ3n) is 5.23. The average molecular weight is 438 g/mol. The van der Waals surface area contributed by atoms with Crippen LogP contribution >= 0.6 is 0 Å². The van der Waals surface area contributed by atoms with E-state index in [4.69, 9.17) is 9.47 Å². The Morgan fingerprint density at radius 2 is 1.55 bits per heavy atom. The summed E-state index contributed by atoms with van der Waals surface area (Å²) in [6.45, 7) is 1.69. The lowest BCUT2D eigenvalue weighted by atomic mass is 10.1. The fourth-order valence-corrected chi connectivity index (χ4v) is 3.48. The van der Waals surface area contributed by atoms with Gasteiger partial charge in [-0.1, -0.05) is 42.5 Å². The van der Waals surface area contributed by atoms with E-state index in [2.05, 4.69) is 20.6 Å². The van der Waals surface area contributed by atoms with Crippen molar-refractivity contribution in [2.75, 3.05) is 23.8 Å². The molecule has 2 N–H and O–H groups in total. The van der Waals surface area contributed by atoms with Gasteiger partial charge in [0.2, 0.25) is 5.95 Å². The highest BCUT2D eigenvalue weighted by atomic mass is 16.6. The third kappa shape index (κ3) is 4.93. The third-order valence-corrected chi connectivity index (χ3v) is 5.23. The summed E-state index contributed by atoms with van der Waals surface area (Å²) in [5.74, 6) is 1.69. The predicted octanol–water partition coefficient (Wildman–Crippen LogP) is 4.78. The Morgan fingerprint density at radius 1 is 0.818 bits per heavy atom. The molecule has 0 saturated carbocycles. The van der Waals surface area contributed by atoms with Crippen molar-refractivity contribution in [2.45, 2.75) is 6.54 Å². The quantitative estimate of drug-likeness (QED) is 0.451. The smallest absolute Gasteiger partial charge is 0.255 e. The van der Waals surface area contributed by atoms with Gasteiger partial charge in [-0.2, -0.15) is 0 Å². The number of carbonyl (C=O) groups excluding carboxylic acids is 1. The molecule has 1 aliphatic rings. The van der Waals surface area contributed by atoms with Crippen LogP contribution in [0.25, 0.3) is 11.1 Å². The molecule has 5 rings (SSSR count). The van der Waals surface area contributed by atoms with Crippen molar-refractivity contribution in [1.29, 1.82) is 0 Å². The molecule has 7 nitrogen and oxygen atoms in total. The van der Waals surface area contributed by atoms with Crippen LogP contribution in [-0.2, 0) is 6.54 Å². The van der Waals surface area contributed by atoms with Crippen molar-refractivity contribution in [3.63, 3.8) is 0 Å². The molecule has 1 aromatic heterocycles. The SMILES string of the molecule is O=C(Nc1ccc2c(c1)OCCO2)c1ccc(-c2cnc(NCc3ccccc3)nc2)cc1. The summed E-state index contributed by atoms with van der Waals surface area (Å²) in [5, 5.41) is 6.11. The largest absolute Gasteiger partial charge is 0.486 e. The molecule has 0 unspecified atom stereocenters. The van der Waals surface area contributed by atoms with Gasteiger partial charge in [0.1, 0.15) is 13.2 Å². The molecule has 0 saturated heterocycles. The molecule has 4 aromatic rings. The molecule has 0 aliphatic carbocycles. The van der Waals surface area contributed by atoms with Crippen LogP contribution < -0.4 is 20.1 Å². The monoisotopic (exact) mass is 438 g/mol. The van der Waals surface area contributed by atoms with Crippen LogP contribution in [0.1, 0.15) is 15.9 Å². The van der Waals surface area contributed by atoms with E-state index in [1.165, 1.54) is 0 Å². The lowest BCUT2D eigenvalue weighted by Gasteiger charge is -2.19. The standard InChI is InChI=1S/C26H22N4O3/c31-25(30-22-10-11-23-24(14-22)33-13-12-32-23)20-8-6-19(7-9-20)21-16-28-26(29-17-21)27-15-18-4-2-1-3-5-18/h1-11,14,16-17H,12-13,15H2,(H,30,31)(H,27,28,29). The van der Waals surface area contributed by atoms with Gasteiger partial charge in [0.15, 0.2) is 11.5 Å². The van der Waals surface area contributed by atoms with Gasteiger partial charge in [-0.05, 0) is 35.4 Å². The second-order valence-electron chi connectivity index (χ2n) is 7.52. The van der Waals surface area contributed by atoms with E-state index < -0.39 is 0 Å². The number of fused-ring (bicyclic) bond motifs is 1. The molecule has 0 spiro atoms. The van der Waals surface area contributed by atoms with Crippen molar-refractivity contribution < 1.29 is 14.3 Å². The van der Waals surface area contributed by atoms with Crippen molar-refractivity contribution in [3.05, 3.63) is 96.3 Å². The Kier molecular flexibility index (Phi) is 5.84. The number of aromatic nitrogens is 2. The van der Waals surface area contributed by atoms with Gasteiger partial charge >= 0.3 is 0 Å². The zero-order valence-corrected chi connectivity index (χ0v) is 17.8. The van der Waals surface area contributed by atoms with E-state index >= 15 is 0 Å². The molecule has 0 radical (unpaired) electrons. The number of nitrogens with zero attached hydrogens (tertiary/aromatic N) is 2. The maximum atomic E-state index is 12.6. The number of hydrogen-bond acceptors (Lipinski definition) is 6. The molecule has 0 bridgehead atoms. The molecule has 33 heavy (non-hydrogen) atoms. The van der Waals surface area contributed by atoms with Crippen LogP contribution in [0.15, 0.2) is 85.2 Å². The van der Waals surface area contributed by atoms with E-state index in [9.17, 15) is 4.79 Å². The summed E-state index contributed by atoms with van der Waals surface area (Å²) in [4.78, 5) is 21.4. The Labute approximate surface area is 191 Å². The van der Waals surface area contributed by atoms with Gasteiger partial charge in [-0.15, -0.1) is 0 Å². The second-order valence-corrected chi connectivity index (χ2v) is 7.52. The minimum atomic E-state index is -0.199. The van der Waals surface area contributed by atoms with Gasteiger partial charge in [0, 0.05) is 41.8 Å². The molecule has 7 heteroatoms. The number of anilines is 2. The normalized spacial score (nSPS) is 12.1. The minimum Gasteiger partial charge on any atom is -0.486 e. The highest BCUT2D eigenvalue weighted by Crippen LogP contribution is 2.32. The highest BCUT2D eigenvalue weighted by molar-refractivity contribution is 6.04. The topological polar surface area (TPSA) is 85.4 Å². The van der Waals surface area contributed by atoms with E-state index in [0.717, 1.165) is 16.7 Å². The number of hydrogen-bond donors (Lipinski definition) is 2. The molecule has 1 amide bonds. The summed E-state index contributed by atoms with van der Waals surface area (Å²) in [7, 11) is 0. The lowest BCUT2D eigenvalue weighted by molar-refractivity contribution is 0.102. The second kappa shape index (κ2) is 9.40. The molecule has 1 aliphatic heterocycles. The number of ether oxygens (including phenoxy) is 2. The van der Waals surface area contributed by atoms with Crippen LogP contribution in [0.2, 0.25) is 0 Å². The summed E-state index contributed by atoms with van der Waals surface area (Å²) in [5.41, 5.74) is 4.17. The van der Waals surface area contributed by atoms with Crippen LogP contribution in [-0.4, -0.2) is 29.1 Å². The Bertz CT molecular complexity index is 1240. The van der Waals surface area contributed by atoms with E-state index in [0.29, 0.717) is 48.5 Å². The van der Waals surface area contributed by atoms with E-state index in [-0.39, 0.29) is 5.91 Å². The van der Waals surface area contributed by atoms with Crippen molar-refractivity contribution in [1.82, 2.24) is 9.97 Å². The van der Waals surface area contributed by atoms with Gasteiger partial charge in [-0.3, -0.25) is 4.79 Å². The first-order valence-corrected chi connectivity index (χ1v) is 10.7. The van der Waals surface area contributed by atoms with Gasteiger partial charge < -0.3 is 20.1 Å². The highest BCUT2D eigenvalue weighted by Gasteiger charge is 2.13. The van der Waals surface area contributed by atoms with Crippen molar-refractivity contribution >= 4 is 17.5 Å². The fraction of sp³-hybridized carbons (Fsp3) is 0.115. The van der Waals surface area contributed by atoms with Crippen molar-refractivity contribution in [3.8, 4) is 22.6 Å². The maximum absolute atomic E-state index is 12.6. The van der Waals surface area contributed by atoms with Crippen molar-refractivity contribution in [2.24, 2.45) is 0 Å². The summed E-state index contributed by atoms with van der Waals surface area (Å²) in [6.07, 6.45) is 3.54. The Hall–Kier alpha value is -4.39. The van der Waals surface area contributed by atoms with Crippen LogP contribution in [0.3, 0.4) is 0 Å². The van der Waals surface area contributed by atoms with Crippen LogP contribution in [0.5, 0.6) is 11.5 Å². The molecule has 0 atom stereocenters. The summed E-state index contributed by atoms with van der Waals surface area (Å²) >= 11 is 0. The molecule has 3 aromatic carbocycles. The fourth-order valence-electron chi connectivity index (χ4n) is 3.48. The predicted molar refractivity (Wildman–Crippen MR) is 127 cm³/mol. The van der Waals surface area contributed by atoms with Gasteiger partial charge in [-0.25, -0.2) is 9.97 Å². The number of rotatable bonds is 6. The number of amides is 1. The van der Waals surface area contributed by atoms with Crippen LogP contribution in [0.4, 0.5) is 11.6 Å². The molecule has 0 fully saturated rings. The molecule has 2 heterocycles. The number of carbonyl (C=O) groups is 1. The molecule has 164 valence electrons. The molecular formula is C26H22N4O3. The lowest BCUT2D eigenvalue weighted by Crippen LogP contribution is -2.16. The minimum absolute atomic E-state index is 0.199. The van der Waals surface area contributed by atoms with E-state index in [1.54, 1.807) is 42.7 Å². The first-order valence-electron chi connectivity index (χ1n) is 10.7. The number of nitrogens with one attached hydrogen (secondary N) is 2. The Morgan fingerprint density at radius 3 is 2.30 bits per heavy atom. The molecular weight excluding hydrogens is 416 g/mol. The summed E-state index contributed by atoms with van der Waals surface area (Å²) in [6, 6.07) is 22.8.